The van der Waals surface area contributed by atoms with Crippen LogP contribution in [0, 0.1) is 6.92 Å². The van der Waals surface area contributed by atoms with E-state index >= 15 is 0 Å². The fraction of sp³-hybridized carbons (Fsp3) is 0.389. The number of likely N-dealkylation sites (N-methyl/N-ethyl adjacent to an activating group) is 2. The molecule has 6 heteroatoms. The summed E-state index contributed by atoms with van der Waals surface area (Å²) in [5.74, 6) is 1.15. The fourth-order valence-corrected chi connectivity index (χ4v) is 4.38. The lowest BCUT2D eigenvalue weighted by Crippen LogP contribution is -2.59. The van der Waals surface area contributed by atoms with Crippen LogP contribution >= 0.6 is 22.9 Å². The second-order valence-corrected chi connectivity index (χ2v) is 8.47. The zero-order valence-corrected chi connectivity index (χ0v) is 15.8. The van der Waals surface area contributed by atoms with E-state index in [0.29, 0.717) is 0 Å². The van der Waals surface area contributed by atoms with E-state index in [9.17, 15) is 0 Å². The minimum Gasteiger partial charge on any atom is -0.352 e. The predicted octanol–water partition coefficient (Wildman–Crippen LogP) is 4.24. The van der Waals surface area contributed by atoms with Crippen molar-refractivity contribution in [3.05, 3.63) is 39.0 Å². The molecule has 0 radical (unpaired) electrons. The van der Waals surface area contributed by atoms with Crippen molar-refractivity contribution in [1.29, 1.82) is 0 Å². The quantitative estimate of drug-likeness (QED) is 0.711. The molecule has 1 aromatic heterocycles. The van der Waals surface area contributed by atoms with Gasteiger partial charge in [-0.15, -0.1) is 11.3 Å². The maximum absolute atomic E-state index is 6.23. The van der Waals surface area contributed by atoms with Crippen LogP contribution in [0.3, 0.4) is 0 Å². The van der Waals surface area contributed by atoms with Crippen LogP contribution < -0.4 is 5.32 Å². The molecule has 4 rings (SSSR count). The normalized spacial score (nSPS) is 19.8. The van der Waals surface area contributed by atoms with Crippen molar-refractivity contribution in [3.8, 4) is 0 Å². The van der Waals surface area contributed by atoms with Gasteiger partial charge in [0.1, 0.15) is 0 Å². The minimum absolute atomic E-state index is 0.723. The van der Waals surface area contributed by atoms with Gasteiger partial charge in [-0.3, -0.25) is 9.38 Å². The molecule has 0 aliphatic carbocycles. The van der Waals surface area contributed by atoms with Crippen molar-refractivity contribution in [2.45, 2.75) is 6.92 Å². The molecule has 0 saturated carbocycles. The van der Waals surface area contributed by atoms with Crippen molar-refractivity contribution in [1.82, 2.24) is 4.90 Å². The molecule has 1 aromatic carbocycles. The highest BCUT2D eigenvalue weighted by Crippen LogP contribution is 2.41. The number of hydrogen-bond donors (Lipinski definition) is 1. The molecule has 0 bridgehead atoms. The summed E-state index contributed by atoms with van der Waals surface area (Å²) < 4.78 is 0.862. The third-order valence-electron chi connectivity index (χ3n) is 5.12. The first-order valence-electron chi connectivity index (χ1n) is 8.24. The van der Waals surface area contributed by atoms with Crippen LogP contribution in [0.2, 0.25) is 5.02 Å². The number of nitrogens with zero attached hydrogens (tertiary/aromatic N) is 3. The Bertz CT molecular complexity index is 818. The van der Waals surface area contributed by atoms with Crippen LogP contribution in [-0.2, 0) is 0 Å². The van der Waals surface area contributed by atoms with E-state index in [4.69, 9.17) is 16.6 Å². The second kappa shape index (κ2) is 5.85. The molecule has 2 aliphatic rings. The maximum atomic E-state index is 6.23. The molecule has 2 aliphatic heterocycles. The molecule has 126 valence electrons. The smallest absolute Gasteiger partial charge is 0.238 e. The van der Waals surface area contributed by atoms with Crippen LogP contribution in [0.4, 0.5) is 17.1 Å². The molecule has 24 heavy (non-hydrogen) atoms. The molecule has 0 atom stereocenters. The van der Waals surface area contributed by atoms with E-state index < -0.39 is 0 Å². The van der Waals surface area contributed by atoms with E-state index in [1.165, 1.54) is 16.1 Å². The Morgan fingerprint density at radius 2 is 2.04 bits per heavy atom. The molecule has 0 spiro atoms. The average Bonchev–Trinajstić information content (AvgIpc) is 2.82. The van der Waals surface area contributed by atoms with Gasteiger partial charge in [-0.2, -0.15) is 4.99 Å². The summed E-state index contributed by atoms with van der Waals surface area (Å²) >= 11 is 8.01. The van der Waals surface area contributed by atoms with Gasteiger partial charge in [0.2, 0.25) is 5.84 Å². The molecule has 3 heterocycles. The lowest BCUT2D eigenvalue weighted by atomic mass is 10.1. The Morgan fingerprint density at radius 1 is 1.29 bits per heavy atom. The number of anilines is 2. The van der Waals surface area contributed by atoms with E-state index in [2.05, 4.69) is 36.6 Å². The SMILES string of the molecule is Cc1scc2c1Nc1ccc(Cl)cc1N=C2[N+]1(C)CCN(C)CC1. The van der Waals surface area contributed by atoms with Gasteiger partial charge in [0.25, 0.3) is 0 Å². The first kappa shape index (κ1) is 16.1. The molecule has 1 N–H and O–H groups in total. The Morgan fingerprint density at radius 3 is 2.79 bits per heavy atom. The molecule has 0 unspecified atom stereocenters. The zero-order chi connectivity index (χ0) is 16.9. The molecular formula is C18H22ClN4S+. The Labute approximate surface area is 152 Å². The number of aryl methyl sites for hydroxylation is 1. The van der Waals surface area contributed by atoms with E-state index in [1.807, 2.05) is 18.2 Å². The number of rotatable bonds is 0. The minimum atomic E-state index is 0.723. The summed E-state index contributed by atoms with van der Waals surface area (Å²) in [5.41, 5.74) is 4.38. The zero-order valence-electron chi connectivity index (χ0n) is 14.3. The maximum Gasteiger partial charge on any atom is 0.238 e. The van der Waals surface area contributed by atoms with E-state index in [1.54, 1.807) is 11.3 Å². The van der Waals surface area contributed by atoms with Crippen molar-refractivity contribution in [2.24, 2.45) is 4.99 Å². The van der Waals surface area contributed by atoms with Crippen LogP contribution in [0.15, 0.2) is 28.6 Å². The summed E-state index contributed by atoms with van der Waals surface area (Å²) in [5, 5.41) is 6.56. The Hall–Kier alpha value is -1.40. The third kappa shape index (κ3) is 2.65. The molecule has 2 aromatic rings. The largest absolute Gasteiger partial charge is 0.352 e. The van der Waals surface area contributed by atoms with Gasteiger partial charge in [-0.25, -0.2) is 0 Å². The van der Waals surface area contributed by atoms with Crippen molar-refractivity contribution < 1.29 is 4.48 Å². The monoisotopic (exact) mass is 361 g/mol. The van der Waals surface area contributed by atoms with Crippen molar-refractivity contribution in [2.75, 3.05) is 45.6 Å². The van der Waals surface area contributed by atoms with Gasteiger partial charge in [0, 0.05) is 28.4 Å². The number of fused-ring (bicyclic) bond motifs is 2. The van der Waals surface area contributed by atoms with Crippen molar-refractivity contribution >= 4 is 45.8 Å². The van der Waals surface area contributed by atoms with Crippen LogP contribution in [0.5, 0.6) is 0 Å². The van der Waals surface area contributed by atoms with Crippen LogP contribution in [-0.4, -0.2) is 55.5 Å². The lowest BCUT2D eigenvalue weighted by molar-refractivity contribution is -0.825. The summed E-state index contributed by atoms with van der Waals surface area (Å²) in [6, 6.07) is 5.90. The number of thiophene rings is 1. The van der Waals surface area contributed by atoms with Gasteiger partial charge >= 0.3 is 0 Å². The van der Waals surface area contributed by atoms with Gasteiger partial charge < -0.3 is 5.32 Å². The number of hydrogen-bond acceptors (Lipinski definition) is 4. The summed E-state index contributed by atoms with van der Waals surface area (Å²) in [4.78, 5) is 8.79. The first-order chi connectivity index (χ1) is 11.5. The molecule has 0 amide bonds. The van der Waals surface area contributed by atoms with Gasteiger partial charge in [0.15, 0.2) is 0 Å². The summed E-state index contributed by atoms with van der Waals surface area (Å²) in [6.07, 6.45) is 0. The number of amidine groups is 1. The summed E-state index contributed by atoms with van der Waals surface area (Å²) in [6.45, 7) is 6.48. The molecule has 1 fully saturated rings. The van der Waals surface area contributed by atoms with Gasteiger partial charge in [-0.1, -0.05) is 11.6 Å². The van der Waals surface area contributed by atoms with Crippen molar-refractivity contribution in [3.63, 3.8) is 0 Å². The second-order valence-electron chi connectivity index (χ2n) is 6.95. The Balaban J connectivity index is 1.89. The van der Waals surface area contributed by atoms with Crippen LogP contribution in [0.1, 0.15) is 10.4 Å². The average molecular weight is 362 g/mol. The number of nitrogens with one attached hydrogen (secondary N) is 1. The molecular weight excluding hydrogens is 340 g/mol. The standard InChI is InChI=1S/C18H22ClN4S/c1-12-17-14(11-24-12)18(23(3)8-6-22(2)7-9-23)21-16-10-13(19)4-5-15(16)20-17/h4-5,10-11,20H,6-9H2,1-3H3/q+1. The topological polar surface area (TPSA) is 27.6 Å². The molecule has 1 saturated heterocycles. The highest BCUT2D eigenvalue weighted by atomic mass is 35.5. The highest BCUT2D eigenvalue weighted by Gasteiger charge is 2.37. The summed E-state index contributed by atoms with van der Waals surface area (Å²) in [7, 11) is 4.49. The van der Waals surface area contributed by atoms with E-state index in [0.717, 1.165) is 52.9 Å². The molecule has 4 nitrogen and oxygen atoms in total. The lowest BCUT2D eigenvalue weighted by Gasteiger charge is -2.40. The number of quaternary nitrogens is 1. The number of aliphatic imine (C=N–C) groups is 1. The number of halogens is 1. The van der Waals surface area contributed by atoms with E-state index in [-0.39, 0.29) is 0 Å². The Kier molecular flexibility index (Phi) is 3.92. The third-order valence-corrected chi connectivity index (χ3v) is 6.27. The number of benzene rings is 1. The first-order valence-corrected chi connectivity index (χ1v) is 9.49. The fourth-order valence-electron chi connectivity index (χ4n) is 3.42. The predicted molar refractivity (Wildman–Crippen MR) is 103 cm³/mol. The van der Waals surface area contributed by atoms with Gasteiger partial charge in [0.05, 0.1) is 42.8 Å². The van der Waals surface area contributed by atoms with Gasteiger partial charge in [-0.05, 0) is 32.2 Å². The number of piperazine rings is 1. The van der Waals surface area contributed by atoms with Crippen LogP contribution in [0.25, 0.3) is 0 Å². The highest BCUT2D eigenvalue weighted by molar-refractivity contribution is 7.10.